The molecule has 0 aliphatic carbocycles. The molecule has 0 unspecified atom stereocenters. The van der Waals surface area contributed by atoms with E-state index in [2.05, 4.69) is 15.9 Å². The Hall–Kier alpha value is -2.08. The molecule has 0 atom stereocenters. The van der Waals surface area contributed by atoms with E-state index in [1.165, 1.54) is 19.2 Å². The minimum absolute atomic E-state index is 0.0115. The summed E-state index contributed by atoms with van der Waals surface area (Å²) in [6.07, 6.45) is 0. The molecule has 0 amide bonds. The van der Waals surface area contributed by atoms with Crippen molar-refractivity contribution < 1.29 is 14.4 Å². The van der Waals surface area contributed by atoms with E-state index in [-0.39, 0.29) is 12.3 Å². The smallest absolute Gasteiger partial charge is 0.270 e. The molecule has 110 valence electrons. The maximum Gasteiger partial charge on any atom is 0.270 e. The summed E-state index contributed by atoms with van der Waals surface area (Å²) >= 11 is 3.43. The van der Waals surface area contributed by atoms with Crippen molar-refractivity contribution in [1.82, 2.24) is 0 Å². The Kier molecular flexibility index (Phi) is 4.80. The summed E-state index contributed by atoms with van der Waals surface area (Å²) in [4.78, 5) is 10.4. The second-order valence-corrected chi connectivity index (χ2v) is 5.33. The normalized spacial score (nSPS) is 10.2. The van der Waals surface area contributed by atoms with Crippen LogP contribution in [0.15, 0.2) is 40.9 Å². The number of non-ortho nitro benzene ring substituents is 1. The van der Waals surface area contributed by atoms with Gasteiger partial charge in [0.25, 0.3) is 5.69 Å². The van der Waals surface area contributed by atoms with Crippen LogP contribution in [0, 0.1) is 17.0 Å². The number of nitrogens with zero attached hydrogens (tertiary/aromatic N) is 1. The zero-order chi connectivity index (χ0) is 15.4. The lowest BCUT2D eigenvalue weighted by atomic mass is 10.2. The highest BCUT2D eigenvalue weighted by Crippen LogP contribution is 2.29. The van der Waals surface area contributed by atoms with Crippen molar-refractivity contribution in [2.75, 3.05) is 7.11 Å². The summed E-state index contributed by atoms with van der Waals surface area (Å²) in [5.74, 6) is 1.23. The molecular weight excluding hydrogens is 338 g/mol. The molecule has 0 radical (unpaired) electrons. The van der Waals surface area contributed by atoms with Gasteiger partial charge in [-0.3, -0.25) is 10.1 Å². The average molecular weight is 352 g/mol. The van der Waals surface area contributed by atoms with Crippen LogP contribution < -0.4 is 9.47 Å². The average Bonchev–Trinajstić information content (AvgIpc) is 2.46. The Morgan fingerprint density at radius 2 is 1.90 bits per heavy atom. The van der Waals surface area contributed by atoms with Gasteiger partial charge in [0.15, 0.2) is 0 Å². The molecular formula is C15H14BrNO4. The topological polar surface area (TPSA) is 61.6 Å². The highest BCUT2D eigenvalue weighted by molar-refractivity contribution is 9.10. The van der Waals surface area contributed by atoms with E-state index in [0.29, 0.717) is 17.1 Å². The van der Waals surface area contributed by atoms with Gasteiger partial charge >= 0.3 is 0 Å². The summed E-state index contributed by atoms with van der Waals surface area (Å²) in [6, 6.07) is 10.2. The molecule has 0 fully saturated rings. The van der Waals surface area contributed by atoms with Crippen LogP contribution in [0.1, 0.15) is 11.1 Å². The van der Waals surface area contributed by atoms with Gasteiger partial charge in [-0.1, -0.05) is 6.07 Å². The maximum atomic E-state index is 10.8. The molecule has 0 heterocycles. The second kappa shape index (κ2) is 6.58. The highest BCUT2D eigenvalue weighted by Gasteiger charge is 2.12. The molecule has 0 aliphatic heterocycles. The Balaban J connectivity index is 2.22. The summed E-state index contributed by atoms with van der Waals surface area (Å²) in [5, 5.41) is 10.8. The number of hydrogen-bond acceptors (Lipinski definition) is 4. The summed E-state index contributed by atoms with van der Waals surface area (Å²) in [7, 11) is 1.52. The molecule has 0 N–H and O–H groups in total. The predicted octanol–water partition coefficient (Wildman–Crippen LogP) is 4.25. The fraction of sp³-hybridized carbons (Fsp3) is 0.200. The van der Waals surface area contributed by atoms with Gasteiger partial charge in [0, 0.05) is 17.7 Å². The Morgan fingerprint density at radius 1 is 1.19 bits per heavy atom. The van der Waals surface area contributed by atoms with Gasteiger partial charge < -0.3 is 9.47 Å². The van der Waals surface area contributed by atoms with Crippen LogP contribution in [0.2, 0.25) is 0 Å². The molecule has 0 bridgehead atoms. The van der Waals surface area contributed by atoms with Crippen molar-refractivity contribution in [3.05, 3.63) is 62.1 Å². The molecule has 0 saturated heterocycles. The SMILES string of the molecule is COc1ccc([N+](=O)[O-])cc1COc1ccc(C)cc1Br. The molecule has 0 spiro atoms. The third-order valence-corrected chi connectivity index (χ3v) is 3.57. The molecule has 5 nitrogen and oxygen atoms in total. The maximum absolute atomic E-state index is 10.8. The number of halogens is 1. The molecule has 2 aromatic carbocycles. The summed E-state index contributed by atoms with van der Waals surface area (Å²) in [5.41, 5.74) is 1.75. The lowest BCUT2D eigenvalue weighted by Crippen LogP contribution is -2.00. The third-order valence-electron chi connectivity index (χ3n) is 2.95. The van der Waals surface area contributed by atoms with Crippen molar-refractivity contribution in [2.24, 2.45) is 0 Å². The van der Waals surface area contributed by atoms with E-state index in [1.807, 2.05) is 25.1 Å². The minimum Gasteiger partial charge on any atom is -0.496 e. The number of hydrogen-bond donors (Lipinski definition) is 0. The number of benzene rings is 2. The second-order valence-electron chi connectivity index (χ2n) is 4.48. The largest absolute Gasteiger partial charge is 0.496 e. The van der Waals surface area contributed by atoms with E-state index in [1.54, 1.807) is 6.07 Å². The number of nitro benzene ring substituents is 1. The van der Waals surface area contributed by atoms with Crippen LogP contribution in [-0.2, 0) is 6.61 Å². The van der Waals surface area contributed by atoms with Crippen molar-refractivity contribution in [2.45, 2.75) is 13.5 Å². The van der Waals surface area contributed by atoms with E-state index >= 15 is 0 Å². The highest BCUT2D eigenvalue weighted by atomic mass is 79.9. The number of ether oxygens (including phenoxy) is 2. The minimum atomic E-state index is -0.440. The van der Waals surface area contributed by atoms with Gasteiger partial charge in [-0.05, 0) is 46.6 Å². The van der Waals surface area contributed by atoms with Crippen molar-refractivity contribution in [1.29, 1.82) is 0 Å². The Morgan fingerprint density at radius 3 is 2.52 bits per heavy atom. The van der Waals surface area contributed by atoms with Gasteiger partial charge in [-0.2, -0.15) is 0 Å². The lowest BCUT2D eigenvalue weighted by Gasteiger charge is -2.11. The van der Waals surface area contributed by atoms with Gasteiger partial charge in [0.1, 0.15) is 18.1 Å². The molecule has 2 rings (SSSR count). The van der Waals surface area contributed by atoms with Gasteiger partial charge in [0.05, 0.1) is 16.5 Å². The molecule has 6 heteroatoms. The molecule has 0 saturated carbocycles. The van der Waals surface area contributed by atoms with Crippen LogP contribution in [0.3, 0.4) is 0 Å². The van der Waals surface area contributed by atoms with Crippen LogP contribution in [-0.4, -0.2) is 12.0 Å². The van der Waals surface area contributed by atoms with Crippen molar-refractivity contribution in [3.63, 3.8) is 0 Å². The first-order valence-electron chi connectivity index (χ1n) is 6.21. The number of nitro groups is 1. The third kappa shape index (κ3) is 3.72. The molecule has 2 aromatic rings. The Labute approximate surface area is 130 Å². The quantitative estimate of drug-likeness (QED) is 0.596. The van der Waals surface area contributed by atoms with Gasteiger partial charge in [-0.15, -0.1) is 0 Å². The number of methoxy groups -OCH3 is 1. The lowest BCUT2D eigenvalue weighted by molar-refractivity contribution is -0.385. The standard InChI is InChI=1S/C15H14BrNO4/c1-10-3-5-15(13(16)7-10)21-9-11-8-12(17(18)19)4-6-14(11)20-2/h3-8H,9H2,1-2H3. The van der Waals surface area contributed by atoms with Crippen molar-refractivity contribution >= 4 is 21.6 Å². The zero-order valence-electron chi connectivity index (χ0n) is 11.6. The van der Waals surface area contributed by atoms with Crippen LogP contribution in [0.25, 0.3) is 0 Å². The van der Waals surface area contributed by atoms with Gasteiger partial charge in [-0.25, -0.2) is 0 Å². The van der Waals surface area contributed by atoms with Crippen LogP contribution in [0.4, 0.5) is 5.69 Å². The fourth-order valence-corrected chi connectivity index (χ4v) is 2.48. The molecule has 0 aliphatic rings. The molecule has 21 heavy (non-hydrogen) atoms. The van der Waals surface area contributed by atoms with E-state index in [9.17, 15) is 10.1 Å². The first-order chi connectivity index (χ1) is 10.0. The molecule has 0 aromatic heterocycles. The number of rotatable bonds is 5. The summed E-state index contributed by atoms with van der Waals surface area (Å²) < 4.78 is 11.7. The fourth-order valence-electron chi connectivity index (χ4n) is 1.87. The number of aryl methyl sites for hydroxylation is 1. The van der Waals surface area contributed by atoms with Crippen LogP contribution >= 0.6 is 15.9 Å². The first kappa shape index (κ1) is 15.3. The first-order valence-corrected chi connectivity index (χ1v) is 7.01. The zero-order valence-corrected chi connectivity index (χ0v) is 13.2. The predicted molar refractivity (Wildman–Crippen MR) is 82.9 cm³/mol. The van der Waals surface area contributed by atoms with E-state index in [0.717, 1.165) is 10.0 Å². The van der Waals surface area contributed by atoms with Crippen LogP contribution in [0.5, 0.6) is 11.5 Å². The van der Waals surface area contributed by atoms with Crippen molar-refractivity contribution in [3.8, 4) is 11.5 Å². The monoisotopic (exact) mass is 351 g/mol. The van der Waals surface area contributed by atoms with E-state index < -0.39 is 4.92 Å². The Bertz CT molecular complexity index is 673. The van der Waals surface area contributed by atoms with E-state index in [4.69, 9.17) is 9.47 Å². The van der Waals surface area contributed by atoms with Gasteiger partial charge in [0.2, 0.25) is 0 Å². The summed E-state index contributed by atoms with van der Waals surface area (Å²) in [6.45, 7) is 2.17.